The molecule has 2 aromatic carbocycles. The first-order valence-corrected chi connectivity index (χ1v) is 15.8. The van der Waals surface area contributed by atoms with Crippen molar-refractivity contribution in [3.63, 3.8) is 0 Å². The first-order chi connectivity index (χ1) is 22.2. The van der Waals surface area contributed by atoms with Gasteiger partial charge < -0.3 is 18.9 Å². The predicted molar refractivity (Wildman–Crippen MR) is 171 cm³/mol. The van der Waals surface area contributed by atoms with Crippen molar-refractivity contribution in [2.45, 2.75) is 89.3 Å². The number of allylic oxidation sites excluding steroid dienone is 1. The van der Waals surface area contributed by atoms with E-state index in [1.54, 1.807) is 30.3 Å². The summed E-state index contributed by atoms with van der Waals surface area (Å²) in [5, 5.41) is 0. The zero-order valence-electron chi connectivity index (χ0n) is 26.0. The molecular formula is C37H40O9. The van der Waals surface area contributed by atoms with Crippen molar-refractivity contribution in [2.24, 2.45) is 0 Å². The molecule has 0 heterocycles. The van der Waals surface area contributed by atoms with E-state index in [1.165, 1.54) is 30.3 Å². The summed E-state index contributed by atoms with van der Waals surface area (Å²) in [6.45, 7) is 7.32. The summed E-state index contributed by atoms with van der Waals surface area (Å²) in [7, 11) is 0. The van der Waals surface area contributed by atoms with Gasteiger partial charge in [0.05, 0.1) is 12.8 Å². The third-order valence-electron chi connectivity index (χ3n) is 7.86. The molecule has 9 heteroatoms. The Kier molecular flexibility index (Phi) is 12.6. The average Bonchev–Trinajstić information content (AvgIpc) is 3.05. The highest BCUT2D eigenvalue weighted by atomic mass is 16.6. The monoisotopic (exact) mass is 628 g/mol. The van der Waals surface area contributed by atoms with E-state index in [0.29, 0.717) is 11.1 Å². The SMILES string of the molecule is C=C(CC(=O)OC1CCCCC1)C(=O)Oc1ccc(/C=C/C(=O)c2ccc(OC(=O)C(=C)CC(=O)OC3CCCCC3)cc2)cc1. The van der Waals surface area contributed by atoms with Crippen LogP contribution in [0.2, 0.25) is 0 Å². The van der Waals surface area contributed by atoms with Crippen LogP contribution < -0.4 is 9.47 Å². The third kappa shape index (κ3) is 11.0. The average molecular weight is 629 g/mol. The quantitative estimate of drug-likeness (QED) is 0.0995. The number of esters is 4. The van der Waals surface area contributed by atoms with Crippen molar-refractivity contribution < 1.29 is 42.9 Å². The Labute approximate surface area is 269 Å². The fourth-order valence-electron chi connectivity index (χ4n) is 5.27. The second kappa shape index (κ2) is 17.1. The van der Waals surface area contributed by atoms with Crippen molar-refractivity contribution in [3.05, 3.63) is 90.0 Å². The lowest BCUT2D eigenvalue weighted by Gasteiger charge is -2.21. The fourth-order valence-corrected chi connectivity index (χ4v) is 5.27. The predicted octanol–water partition coefficient (Wildman–Crippen LogP) is 7.04. The number of carbonyl (C=O) groups is 5. The van der Waals surface area contributed by atoms with Gasteiger partial charge in [-0.3, -0.25) is 14.4 Å². The van der Waals surface area contributed by atoms with Gasteiger partial charge in [-0.05, 0) is 99.4 Å². The smallest absolute Gasteiger partial charge is 0.339 e. The van der Waals surface area contributed by atoms with E-state index in [0.717, 1.165) is 64.2 Å². The summed E-state index contributed by atoms with van der Waals surface area (Å²) >= 11 is 0. The van der Waals surface area contributed by atoms with Crippen LogP contribution in [0, 0.1) is 0 Å². The van der Waals surface area contributed by atoms with Gasteiger partial charge in [-0.1, -0.05) is 44.2 Å². The highest BCUT2D eigenvalue weighted by Gasteiger charge is 2.22. The van der Waals surface area contributed by atoms with Gasteiger partial charge in [-0.2, -0.15) is 0 Å². The van der Waals surface area contributed by atoms with Crippen LogP contribution in [-0.4, -0.2) is 41.9 Å². The maximum Gasteiger partial charge on any atom is 0.339 e. The molecule has 0 aromatic heterocycles. The fraction of sp³-hybridized carbons (Fsp3) is 0.378. The second-order valence-electron chi connectivity index (χ2n) is 11.6. The van der Waals surface area contributed by atoms with E-state index in [2.05, 4.69) is 13.2 Å². The van der Waals surface area contributed by atoms with E-state index in [9.17, 15) is 24.0 Å². The molecule has 0 saturated heterocycles. The Bertz CT molecular complexity index is 1460. The number of rotatable bonds is 13. The lowest BCUT2D eigenvalue weighted by Crippen LogP contribution is -2.22. The minimum atomic E-state index is -0.741. The molecule has 0 radical (unpaired) electrons. The molecule has 242 valence electrons. The minimum absolute atomic E-state index is 0.00987. The highest BCUT2D eigenvalue weighted by molar-refractivity contribution is 6.07. The van der Waals surface area contributed by atoms with E-state index >= 15 is 0 Å². The minimum Gasteiger partial charge on any atom is -0.462 e. The van der Waals surface area contributed by atoms with Gasteiger partial charge >= 0.3 is 23.9 Å². The van der Waals surface area contributed by atoms with Gasteiger partial charge in [-0.15, -0.1) is 0 Å². The Morgan fingerprint density at radius 1 is 0.609 bits per heavy atom. The zero-order chi connectivity index (χ0) is 32.9. The largest absolute Gasteiger partial charge is 0.462 e. The van der Waals surface area contributed by atoms with Gasteiger partial charge in [0.25, 0.3) is 0 Å². The second-order valence-corrected chi connectivity index (χ2v) is 11.6. The van der Waals surface area contributed by atoms with Crippen LogP contribution in [0.3, 0.4) is 0 Å². The summed E-state index contributed by atoms with van der Waals surface area (Å²) < 4.78 is 21.5. The zero-order valence-corrected chi connectivity index (χ0v) is 26.0. The molecule has 0 amide bonds. The molecule has 2 fully saturated rings. The molecule has 2 aliphatic rings. The lowest BCUT2D eigenvalue weighted by atomic mass is 9.98. The van der Waals surface area contributed by atoms with Crippen LogP contribution in [0.1, 0.15) is 93.0 Å². The molecule has 0 aliphatic heterocycles. The molecule has 0 atom stereocenters. The number of benzene rings is 2. The highest BCUT2D eigenvalue weighted by Crippen LogP contribution is 2.23. The van der Waals surface area contributed by atoms with Gasteiger partial charge in [0.15, 0.2) is 5.78 Å². The van der Waals surface area contributed by atoms with Crippen LogP contribution in [0.4, 0.5) is 0 Å². The van der Waals surface area contributed by atoms with Crippen molar-refractivity contribution in [1.82, 2.24) is 0 Å². The summed E-state index contributed by atoms with van der Waals surface area (Å²) in [4.78, 5) is 61.8. The maximum absolute atomic E-state index is 12.7. The molecule has 4 rings (SSSR count). The topological polar surface area (TPSA) is 122 Å². The summed E-state index contributed by atoms with van der Waals surface area (Å²) in [6, 6.07) is 12.5. The van der Waals surface area contributed by atoms with Gasteiger partial charge in [-0.25, -0.2) is 9.59 Å². The molecular weight excluding hydrogens is 588 g/mol. The third-order valence-corrected chi connectivity index (χ3v) is 7.86. The standard InChI is InChI=1S/C37H40O9/c1-25(23-34(39)43-29-9-5-3-6-10-29)36(41)45-31-18-13-27(14-19-31)15-22-33(38)28-16-20-32(21-17-28)46-37(42)26(2)24-35(40)44-30-11-7-4-8-12-30/h13-22,29-30H,1-12,23-24H2/b22-15+. The van der Waals surface area contributed by atoms with Gasteiger partial charge in [0.1, 0.15) is 23.7 Å². The van der Waals surface area contributed by atoms with Crippen LogP contribution in [0.5, 0.6) is 11.5 Å². The number of ether oxygens (including phenoxy) is 4. The number of hydrogen-bond donors (Lipinski definition) is 0. The lowest BCUT2D eigenvalue weighted by molar-refractivity contribution is -0.151. The van der Waals surface area contributed by atoms with Crippen LogP contribution in [-0.2, 0) is 28.7 Å². The molecule has 2 saturated carbocycles. The van der Waals surface area contributed by atoms with E-state index in [4.69, 9.17) is 18.9 Å². The molecule has 0 bridgehead atoms. The summed E-state index contributed by atoms with van der Waals surface area (Å²) in [5.41, 5.74) is 1.06. The molecule has 9 nitrogen and oxygen atoms in total. The molecule has 0 unspecified atom stereocenters. The van der Waals surface area contributed by atoms with E-state index in [-0.39, 0.29) is 53.5 Å². The number of carbonyl (C=O) groups excluding carboxylic acids is 5. The van der Waals surface area contributed by atoms with Crippen molar-refractivity contribution in [3.8, 4) is 11.5 Å². The molecule has 46 heavy (non-hydrogen) atoms. The van der Waals surface area contributed by atoms with Crippen LogP contribution in [0.25, 0.3) is 6.08 Å². The van der Waals surface area contributed by atoms with Crippen molar-refractivity contribution in [2.75, 3.05) is 0 Å². The Hall–Kier alpha value is -4.79. The Morgan fingerprint density at radius 2 is 1.02 bits per heavy atom. The van der Waals surface area contributed by atoms with E-state index in [1.807, 2.05) is 0 Å². The maximum atomic E-state index is 12.7. The molecule has 2 aromatic rings. The van der Waals surface area contributed by atoms with Crippen molar-refractivity contribution in [1.29, 1.82) is 0 Å². The van der Waals surface area contributed by atoms with Gasteiger partial charge in [0.2, 0.25) is 0 Å². The van der Waals surface area contributed by atoms with Gasteiger partial charge in [0, 0.05) is 16.7 Å². The first kappa shape index (κ1) is 34.1. The Morgan fingerprint density at radius 3 is 1.46 bits per heavy atom. The number of ketones is 1. The summed E-state index contributed by atoms with van der Waals surface area (Å²) in [5.74, 6) is -2.23. The Balaban J connectivity index is 1.19. The normalized spacial score (nSPS) is 15.5. The van der Waals surface area contributed by atoms with Crippen LogP contribution >= 0.6 is 0 Å². The number of hydrogen-bond acceptors (Lipinski definition) is 9. The summed E-state index contributed by atoms with van der Waals surface area (Å²) in [6.07, 6.45) is 12.1. The van der Waals surface area contributed by atoms with Crippen LogP contribution in [0.15, 0.2) is 78.9 Å². The molecule has 2 aliphatic carbocycles. The molecule has 0 N–H and O–H groups in total. The van der Waals surface area contributed by atoms with E-state index < -0.39 is 23.9 Å². The first-order valence-electron chi connectivity index (χ1n) is 15.8. The van der Waals surface area contributed by atoms with Crippen molar-refractivity contribution >= 4 is 35.7 Å². The molecule has 0 spiro atoms.